The topological polar surface area (TPSA) is 3.24 Å². The highest BCUT2D eigenvalue weighted by Crippen LogP contribution is 2.26. The summed E-state index contributed by atoms with van der Waals surface area (Å²) < 4.78 is 0. The van der Waals surface area contributed by atoms with Gasteiger partial charge in [0.1, 0.15) is 0 Å². The van der Waals surface area contributed by atoms with Gasteiger partial charge >= 0.3 is 0 Å². The van der Waals surface area contributed by atoms with Gasteiger partial charge in [0.05, 0.1) is 0 Å². The van der Waals surface area contributed by atoms with E-state index in [0.29, 0.717) is 0 Å². The van der Waals surface area contributed by atoms with Crippen LogP contribution in [0.25, 0.3) is 0 Å². The van der Waals surface area contributed by atoms with Gasteiger partial charge in [0.15, 0.2) is 0 Å². The van der Waals surface area contributed by atoms with Crippen molar-refractivity contribution in [1.29, 1.82) is 0 Å². The number of hydrogen-bond donors (Lipinski definition) is 0. The summed E-state index contributed by atoms with van der Waals surface area (Å²) in [5.41, 5.74) is 0. The molecule has 1 heteroatoms. The Bertz CT molecular complexity index is 86.7. The zero-order valence-electron chi connectivity index (χ0n) is 6.97. The summed E-state index contributed by atoms with van der Waals surface area (Å²) in [7, 11) is 0. The second-order valence-corrected chi connectivity index (χ2v) is 3.07. The number of nitrogens with zero attached hydrogens (tertiary/aromatic N) is 1. The van der Waals surface area contributed by atoms with Crippen molar-refractivity contribution < 1.29 is 0 Å². The van der Waals surface area contributed by atoms with Gasteiger partial charge in [-0.15, -0.1) is 0 Å². The maximum atomic E-state index is 3.85. The Labute approximate surface area is 64.4 Å². The molecule has 0 aromatic heterocycles. The van der Waals surface area contributed by atoms with Gasteiger partial charge in [0.25, 0.3) is 0 Å². The molecule has 0 atom stereocenters. The summed E-state index contributed by atoms with van der Waals surface area (Å²) in [6, 6.07) is 0.941. The molecule has 10 heavy (non-hydrogen) atoms. The molecule has 1 saturated carbocycles. The van der Waals surface area contributed by atoms with E-state index in [1.54, 1.807) is 0 Å². The fraction of sp³-hybridized carbons (Fsp3) is 0.889. The van der Waals surface area contributed by atoms with Crippen LogP contribution in [0, 0.1) is 6.92 Å². The zero-order valence-corrected chi connectivity index (χ0v) is 6.97. The van der Waals surface area contributed by atoms with Gasteiger partial charge in [-0.2, -0.15) is 0 Å². The molecule has 1 rings (SSSR count). The van der Waals surface area contributed by atoms with E-state index in [1.165, 1.54) is 32.4 Å². The molecule has 0 aromatic rings. The van der Waals surface area contributed by atoms with E-state index in [1.807, 2.05) is 0 Å². The van der Waals surface area contributed by atoms with Crippen LogP contribution in [0.2, 0.25) is 0 Å². The lowest BCUT2D eigenvalue weighted by Gasteiger charge is -2.18. The number of rotatable bonds is 5. The third-order valence-electron chi connectivity index (χ3n) is 2.16. The zero-order chi connectivity index (χ0) is 7.40. The van der Waals surface area contributed by atoms with Crippen LogP contribution in [0.3, 0.4) is 0 Å². The Morgan fingerprint density at radius 3 is 2.60 bits per heavy atom. The van der Waals surface area contributed by atoms with Crippen molar-refractivity contribution in [3.05, 3.63) is 6.92 Å². The van der Waals surface area contributed by atoms with E-state index < -0.39 is 0 Å². The van der Waals surface area contributed by atoms with Gasteiger partial charge in [0, 0.05) is 6.04 Å². The smallest absolute Gasteiger partial charge is 0.00963 e. The number of unbranched alkanes of at least 4 members (excludes halogenated alkanes) is 1. The highest BCUT2D eigenvalue weighted by molar-refractivity contribution is 4.83. The molecule has 0 spiro atoms. The van der Waals surface area contributed by atoms with E-state index >= 15 is 0 Å². The fourth-order valence-corrected chi connectivity index (χ4v) is 1.35. The molecular weight excluding hydrogens is 122 g/mol. The van der Waals surface area contributed by atoms with E-state index in [0.717, 1.165) is 12.5 Å². The molecule has 0 aromatic carbocycles. The molecule has 0 saturated heterocycles. The third kappa shape index (κ3) is 2.30. The maximum Gasteiger partial charge on any atom is 0.00963 e. The van der Waals surface area contributed by atoms with Crippen molar-refractivity contribution in [3.63, 3.8) is 0 Å². The summed E-state index contributed by atoms with van der Waals surface area (Å²) >= 11 is 0. The lowest BCUT2D eigenvalue weighted by Crippen LogP contribution is -2.26. The summed E-state index contributed by atoms with van der Waals surface area (Å²) in [6.07, 6.45) is 5.23. The molecule has 1 aliphatic rings. The Hall–Kier alpha value is -0.0400. The van der Waals surface area contributed by atoms with Crippen LogP contribution < -0.4 is 0 Å². The average Bonchev–Trinajstić information content (AvgIpc) is 2.73. The first kappa shape index (κ1) is 8.06. The van der Waals surface area contributed by atoms with Gasteiger partial charge in [0.2, 0.25) is 0 Å². The molecule has 0 amide bonds. The summed E-state index contributed by atoms with van der Waals surface area (Å²) in [5.74, 6) is 0. The van der Waals surface area contributed by atoms with Gasteiger partial charge in [-0.25, -0.2) is 0 Å². The molecule has 1 fully saturated rings. The Morgan fingerprint density at radius 2 is 2.20 bits per heavy atom. The Kier molecular flexibility index (Phi) is 3.20. The van der Waals surface area contributed by atoms with Crippen molar-refractivity contribution in [2.24, 2.45) is 0 Å². The minimum Gasteiger partial charge on any atom is -0.301 e. The molecule has 0 heterocycles. The van der Waals surface area contributed by atoms with E-state index in [9.17, 15) is 0 Å². The highest BCUT2D eigenvalue weighted by atomic mass is 15.2. The molecule has 1 nitrogen and oxygen atoms in total. The summed E-state index contributed by atoms with van der Waals surface area (Å²) in [6.45, 7) is 8.59. The predicted octanol–water partition coefficient (Wildman–Crippen LogP) is 2.08. The quantitative estimate of drug-likeness (QED) is 0.565. The third-order valence-corrected chi connectivity index (χ3v) is 2.16. The minimum atomic E-state index is 0.941. The number of hydrogen-bond acceptors (Lipinski definition) is 1. The Balaban J connectivity index is 2.07. The van der Waals surface area contributed by atoms with Crippen molar-refractivity contribution in [3.8, 4) is 0 Å². The van der Waals surface area contributed by atoms with Crippen LogP contribution in [0.1, 0.15) is 32.6 Å². The van der Waals surface area contributed by atoms with Gasteiger partial charge in [-0.3, -0.25) is 0 Å². The molecule has 0 aliphatic heterocycles. The van der Waals surface area contributed by atoms with Gasteiger partial charge in [-0.05, 0) is 32.4 Å². The Morgan fingerprint density at radius 1 is 1.50 bits per heavy atom. The molecular formula is C9H18N. The standard InChI is InChI=1S/C9H18N/c1-3-5-8-10(4-2)9-6-7-9/h9H,1,3-8H2,2H3. The lowest BCUT2D eigenvalue weighted by molar-refractivity contribution is 0.275. The maximum absolute atomic E-state index is 3.85. The first-order valence-electron chi connectivity index (χ1n) is 4.41. The molecule has 0 N–H and O–H groups in total. The van der Waals surface area contributed by atoms with Crippen molar-refractivity contribution in [2.45, 2.75) is 38.6 Å². The molecule has 59 valence electrons. The van der Waals surface area contributed by atoms with Crippen molar-refractivity contribution in [1.82, 2.24) is 4.90 Å². The fourth-order valence-electron chi connectivity index (χ4n) is 1.35. The average molecular weight is 140 g/mol. The monoisotopic (exact) mass is 140 g/mol. The first-order chi connectivity index (χ1) is 4.88. The van der Waals surface area contributed by atoms with Crippen molar-refractivity contribution in [2.75, 3.05) is 13.1 Å². The van der Waals surface area contributed by atoms with Gasteiger partial charge < -0.3 is 4.90 Å². The van der Waals surface area contributed by atoms with E-state index in [-0.39, 0.29) is 0 Å². The van der Waals surface area contributed by atoms with Crippen LogP contribution in [-0.2, 0) is 0 Å². The van der Waals surface area contributed by atoms with Gasteiger partial charge in [-0.1, -0.05) is 20.3 Å². The lowest BCUT2D eigenvalue weighted by atomic mass is 10.3. The van der Waals surface area contributed by atoms with E-state index in [2.05, 4.69) is 18.7 Å². The van der Waals surface area contributed by atoms with Crippen molar-refractivity contribution >= 4 is 0 Å². The molecule has 0 bridgehead atoms. The predicted molar refractivity (Wildman–Crippen MR) is 44.9 cm³/mol. The van der Waals surface area contributed by atoms with Crippen LogP contribution in [0.15, 0.2) is 0 Å². The van der Waals surface area contributed by atoms with E-state index in [4.69, 9.17) is 0 Å². The second kappa shape index (κ2) is 3.97. The normalized spacial score (nSPS) is 18.3. The molecule has 0 unspecified atom stereocenters. The largest absolute Gasteiger partial charge is 0.301 e. The molecule has 1 radical (unpaired) electrons. The van der Waals surface area contributed by atoms with Crippen LogP contribution in [0.4, 0.5) is 0 Å². The second-order valence-electron chi connectivity index (χ2n) is 3.07. The van der Waals surface area contributed by atoms with Crippen LogP contribution >= 0.6 is 0 Å². The summed E-state index contributed by atoms with van der Waals surface area (Å²) in [4.78, 5) is 2.57. The molecule has 1 aliphatic carbocycles. The van der Waals surface area contributed by atoms with Crippen LogP contribution in [0.5, 0.6) is 0 Å². The highest BCUT2D eigenvalue weighted by Gasteiger charge is 2.26. The first-order valence-corrected chi connectivity index (χ1v) is 4.41. The minimum absolute atomic E-state index is 0.941. The van der Waals surface area contributed by atoms with Crippen LogP contribution in [-0.4, -0.2) is 24.0 Å². The summed E-state index contributed by atoms with van der Waals surface area (Å²) in [5, 5.41) is 0. The SMILES string of the molecule is [CH2]CCCN(CC)C1CC1.